The number of halogens is 1. The molecule has 3 N–H and O–H groups in total. The van der Waals surface area contributed by atoms with Crippen LogP contribution in [-0.4, -0.2) is 72.1 Å². The van der Waals surface area contributed by atoms with Gasteiger partial charge in [0.1, 0.15) is 4.21 Å². The van der Waals surface area contributed by atoms with Gasteiger partial charge in [0.25, 0.3) is 0 Å². The summed E-state index contributed by atoms with van der Waals surface area (Å²) in [5.74, 6) is 0.692. The highest BCUT2D eigenvalue weighted by atomic mass is 127. The molecule has 1 aromatic heterocycles. The van der Waals surface area contributed by atoms with Crippen molar-refractivity contribution in [1.82, 2.24) is 19.7 Å². The number of hydrogen-bond donors (Lipinski definition) is 3. The molecule has 162 valence electrons. The zero-order valence-corrected chi connectivity index (χ0v) is 20.7. The molecule has 0 saturated carbocycles. The van der Waals surface area contributed by atoms with E-state index < -0.39 is 20.0 Å². The van der Waals surface area contributed by atoms with E-state index in [4.69, 9.17) is 0 Å². The van der Waals surface area contributed by atoms with Gasteiger partial charge in [-0.2, -0.15) is 0 Å². The standard InChI is InChI=1S/C15H27N5O4S3.HI/c1-3-26(21,22)20-10-6-13(7-11-20)19-15(16-2)17-8-9-18-27(23,24)14-5-4-12-25-14;/h4-5,12-13,18H,3,6-11H2,1-2H3,(H2,16,17,19);1H. The number of guanidine groups is 1. The maximum absolute atomic E-state index is 12.0. The first-order valence-corrected chi connectivity index (χ1v) is 12.7. The molecule has 1 aromatic rings. The number of sulfonamides is 2. The van der Waals surface area contributed by atoms with Gasteiger partial charge in [-0.25, -0.2) is 25.9 Å². The third kappa shape index (κ3) is 7.40. The molecule has 0 radical (unpaired) electrons. The van der Waals surface area contributed by atoms with Crippen LogP contribution in [0, 0.1) is 0 Å². The van der Waals surface area contributed by atoms with E-state index in [0.717, 1.165) is 0 Å². The summed E-state index contributed by atoms with van der Waals surface area (Å²) >= 11 is 1.17. The molecular formula is C15H28IN5O4S3. The van der Waals surface area contributed by atoms with Gasteiger partial charge in [0.15, 0.2) is 5.96 Å². The number of hydrogen-bond acceptors (Lipinski definition) is 6. The summed E-state index contributed by atoms with van der Waals surface area (Å²) in [5.41, 5.74) is 0. The predicted molar refractivity (Wildman–Crippen MR) is 123 cm³/mol. The second-order valence-electron chi connectivity index (χ2n) is 6.05. The van der Waals surface area contributed by atoms with E-state index in [1.165, 1.54) is 15.6 Å². The average molecular weight is 566 g/mol. The Morgan fingerprint density at radius 1 is 1.25 bits per heavy atom. The van der Waals surface area contributed by atoms with Gasteiger partial charge in [-0.3, -0.25) is 4.99 Å². The first-order valence-electron chi connectivity index (χ1n) is 8.76. The summed E-state index contributed by atoms with van der Waals surface area (Å²) in [5, 5.41) is 8.05. The van der Waals surface area contributed by atoms with E-state index in [2.05, 4.69) is 20.3 Å². The fraction of sp³-hybridized carbons (Fsp3) is 0.667. The maximum Gasteiger partial charge on any atom is 0.250 e. The van der Waals surface area contributed by atoms with Crippen molar-refractivity contribution in [3.63, 3.8) is 0 Å². The van der Waals surface area contributed by atoms with E-state index in [-0.39, 0.29) is 42.3 Å². The van der Waals surface area contributed by atoms with Crippen LogP contribution in [0.3, 0.4) is 0 Å². The van der Waals surface area contributed by atoms with Gasteiger partial charge < -0.3 is 10.6 Å². The fourth-order valence-corrected chi connectivity index (χ4v) is 5.90. The molecule has 0 spiro atoms. The minimum atomic E-state index is -3.47. The van der Waals surface area contributed by atoms with Crippen molar-refractivity contribution in [2.75, 3.05) is 39.0 Å². The summed E-state index contributed by atoms with van der Waals surface area (Å²) in [6, 6.07) is 3.38. The van der Waals surface area contributed by atoms with Crippen molar-refractivity contribution in [3.8, 4) is 0 Å². The van der Waals surface area contributed by atoms with Crippen LogP contribution < -0.4 is 15.4 Å². The lowest BCUT2D eigenvalue weighted by Crippen LogP contribution is -2.50. The third-order valence-electron chi connectivity index (χ3n) is 4.25. The van der Waals surface area contributed by atoms with Gasteiger partial charge in [0, 0.05) is 39.3 Å². The molecule has 0 bridgehead atoms. The summed E-state index contributed by atoms with van der Waals surface area (Å²) in [7, 11) is -4.96. The Balaban J connectivity index is 0.00000392. The van der Waals surface area contributed by atoms with Gasteiger partial charge in [0.2, 0.25) is 20.0 Å². The van der Waals surface area contributed by atoms with Crippen molar-refractivity contribution < 1.29 is 16.8 Å². The number of rotatable bonds is 8. The highest BCUT2D eigenvalue weighted by Gasteiger charge is 2.27. The second kappa shape index (κ2) is 11.6. The molecule has 0 atom stereocenters. The van der Waals surface area contributed by atoms with Crippen LogP contribution in [0.15, 0.2) is 26.7 Å². The lowest BCUT2D eigenvalue weighted by molar-refractivity contribution is 0.306. The lowest BCUT2D eigenvalue weighted by Gasteiger charge is -2.32. The zero-order chi connectivity index (χ0) is 19.9. The lowest BCUT2D eigenvalue weighted by atomic mass is 10.1. The molecule has 0 aromatic carbocycles. The molecule has 0 aliphatic carbocycles. The molecule has 2 rings (SSSR count). The minimum Gasteiger partial charge on any atom is -0.355 e. The molecule has 1 fully saturated rings. The second-order valence-corrected chi connectivity index (χ2v) is 11.2. The van der Waals surface area contributed by atoms with Crippen molar-refractivity contribution in [2.45, 2.75) is 30.0 Å². The summed E-state index contributed by atoms with van der Waals surface area (Å²) < 4.78 is 52.2. The monoisotopic (exact) mass is 565 g/mol. The Morgan fingerprint density at radius 3 is 2.46 bits per heavy atom. The number of piperidine rings is 1. The van der Waals surface area contributed by atoms with E-state index in [0.29, 0.717) is 42.6 Å². The predicted octanol–water partition coefficient (Wildman–Crippen LogP) is 0.624. The number of aliphatic imine (C=N–C) groups is 1. The van der Waals surface area contributed by atoms with Gasteiger partial charge in [-0.05, 0) is 31.2 Å². The van der Waals surface area contributed by atoms with Gasteiger partial charge >= 0.3 is 0 Å². The van der Waals surface area contributed by atoms with Gasteiger partial charge in [-0.15, -0.1) is 35.3 Å². The van der Waals surface area contributed by atoms with Crippen molar-refractivity contribution in [2.24, 2.45) is 4.99 Å². The molecule has 0 amide bonds. The van der Waals surface area contributed by atoms with E-state index in [1.54, 1.807) is 31.5 Å². The molecular weight excluding hydrogens is 537 g/mol. The zero-order valence-electron chi connectivity index (χ0n) is 15.9. The Labute approximate surface area is 188 Å². The third-order valence-corrected chi connectivity index (χ3v) is 8.99. The molecule has 1 aliphatic heterocycles. The van der Waals surface area contributed by atoms with Crippen LogP contribution in [-0.2, 0) is 20.0 Å². The van der Waals surface area contributed by atoms with Crippen LogP contribution in [0.2, 0.25) is 0 Å². The van der Waals surface area contributed by atoms with Crippen molar-refractivity contribution >= 4 is 61.3 Å². The van der Waals surface area contributed by atoms with Gasteiger partial charge in [-0.1, -0.05) is 6.07 Å². The van der Waals surface area contributed by atoms with Crippen LogP contribution in [0.1, 0.15) is 19.8 Å². The van der Waals surface area contributed by atoms with E-state index in [1.807, 2.05) is 0 Å². The maximum atomic E-state index is 12.0. The fourth-order valence-electron chi connectivity index (χ4n) is 2.70. The Hall–Kier alpha value is -0.480. The van der Waals surface area contributed by atoms with E-state index in [9.17, 15) is 16.8 Å². The quantitative estimate of drug-likeness (QED) is 0.184. The molecule has 2 heterocycles. The Kier molecular flexibility index (Phi) is 10.6. The Morgan fingerprint density at radius 2 is 1.93 bits per heavy atom. The minimum absolute atomic E-state index is 0. The SMILES string of the molecule is CCS(=O)(=O)N1CCC(NC(=NC)NCCNS(=O)(=O)c2cccs2)CC1.I. The number of nitrogens with zero attached hydrogens (tertiary/aromatic N) is 2. The largest absolute Gasteiger partial charge is 0.355 e. The van der Waals surface area contributed by atoms with Crippen molar-refractivity contribution in [3.05, 3.63) is 17.5 Å². The Bertz CT molecular complexity index is 820. The topological polar surface area (TPSA) is 120 Å². The first-order chi connectivity index (χ1) is 12.8. The normalized spacial score (nSPS) is 17.1. The molecule has 1 aliphatic rings. The molecule has 1 saturated heterocycles. The average Bonchev–Trinajstić information content (AvgIpc) is 3.20. The summed E-state index contributed by atoms with van der Waals surface area (Å²) in [6.45, 7) is 3.25. The van der Waals surface area contributed by atoms with E-state index >= 15 is 0 Å². The number of thiophene rings is 1. The molecule has 28 heavy (non-hydrogen) atoms. The summed E-state index contributed by atoms with van der Waals surface area (Å²) in [4.78, 5) is 4.14. The molecule has 13 heteroatoms. The first kappa shape index (κ1) is 25.6. The van der Waals surface area contributed by atoms with Gasteiger partial charge in [0.05, 0.1) is 5.75 Å². The van der Waals surface area contributed by atoms with Crippen LogP contribution >= 0.6 is 35.3 Å². The summed E-state index contributed by atoms with van der Waals surface area (Å²) in [6.07, 6.45) is 1.40. The van der Waals surface area contributed by atoms with Crippen LogP contribution in [0.4, 0.5) is 0 Å². The highest BCUT2D eigenvalue weighted by molar-refractivity contribution is 14.0. The molecule has 0 unspecified atom stereocenters. The van der Waals surface area contributed by atoms with Crippen LogP contribution in [0.5, 0.6) is 0 Å². The molecule has 9 nitrogen and oxygen atoms in total. The highest BCUT2D eigenvalue weighted by Crippen LogP contribution is 2.15. The smallest absolute Gasteiger partial charge is 0.250 e. The number of nitrogens with one attached hydrogen (secondary N) is 3. The van der Waals surface area contributed by atoms with Crippen LogP contribution in [0.25, 0.3) is 0 Å². The van der Waals surface area contributed by atoms with Crippen molar-refractivity contribution in [1.29, 1.82) is 0 Å².